The van der Waals surface area contributed by atoms with Gasteiger partial charge in [0.2, 0.25) is 0 Å². The van der Waals surface area contributed by atoms with E-state index in [9.17, 15) is 4.79 Å². The van der Waals surface area contributed by atoms with E-state index in [-0.39, 0.29) is 0 Å². The van der Waals surface area contributed by atoms with Crippen LogP contribution >= 0.6 is 11.6 Å². The van der Waals surface area contributed by atoms with Gasteiger partial charge in [0.1, 0.15) is 5.69 Å². The van der Waals surface area contributed by atoms with E-state index in [4.69, 9.17) is 11.6 Å². The van der Waals surface area contributed by atoms with Gasteiger partial charge in [-0.05, 0) is 25.4 Å². The molecule has 4 heteroatoms. The zero-order valence-electron chi connectivity index (χ0n) is 6.68. The molecule has 0 spiro atoms. The van der Waals surface area contributed by atoms with Gasteiger partial charge in [-0.25, -0.2) is 0 Å². The predicted octanol–water partition coefficient (Wildman–Crippen LogP) is 1.42. The number of nitrogens with zero attached hydrogens (tertiary/aromatic N) is 2. The van der Waals surface area contributed by atoms with Crippen LogP contribution < -0.4 is 0 Å². The van der Waals surface area contributed by atoms with Crippen LogP contribution in [0.5, 0.6) is 0 Å². The molecule has 0 bridgehead atoms. The van der Waals surface area contributed by atoms with Gasteiger partial charge in [0.25, 0.3) is 5.24 Å². The summed E-state index contributed by atoms with van der Waals surface area (Å²) < 4.78 is 1.50. The van der Waals surface area contributed by atoms with E-state index in [1.165, 1.54) is 4.68 Å². The minimum Gasteiger partial charge on any atom is -0.274 e. The van der Waals surface area contributed by atoms with Crippen LogP contribution in [0.4, 0.5) is 0 Å². The van der Waals surface area contributed by atoms with Crippen LogP contribution in [0.15, 0.2) is 0 Å². The monoisotopic (exact) mass is 172 g/mol. The molecule has 0 atom stereocenters. The van der Waals surface area contributed by atoms with Crippen LogP contribution in [0, 0.1) is 13.8 Å². The summed E-state index contributed by atoms with van der Waals surface area (Å²) in [6.07, 6.45) is 0. The number of rotatable bonds is 1. The average molecular weight is 173 g/mol. The molecule has 0 aliphatic carbocycles. The molecule has 0 saturated carbocycles. The molecule has 0 aliphatic heterocycles. The van der Waals surface area contributed by atoms with Crippen molar-refractivity contribution in [3.05, 3.63) is 17.0 Å². The molecular weight excluding hydrogens is 164 g/mol. The summed E-state index contributed by atoms with van der Waals surface area (Å²) in [5, 5.41) is 3.59. The zero-order valence-corrected chi connectivity index (χ0v) is 7.44. The van der Waals surface area contributed by atoms with Crippen molar-refractivity contribution >= 4 is 16.8 Å². The number of hydrogen-bond acceptors (Lipinski definition) is 2. The van der Waals surface area contributed by atoms with Crippen molar-refractivity contribution in [3.8, 4) is 0 Å². The topological polar surface area (TPSA) is 34.9 Å². The highest BCUT2D eigenvalue weighted by Gasteiger charge is 2.13. The van der Waals surface area contributed by atoms with E-state index in [1.54, 1.807) is 7.05 Å². The second-order valence-electron chi connectivity index (χ2n) is 2.46. The van der Waals surface area contributed by atoms with Crippen LogP contribution in [0.2, 0.25) is 0 Å². The molecule has 0 N–H and O–H groups in total. The predicted molar refractivity (Wildman–Crippen MR) is 42.9 cm³/mol. The first kappa shape index (κ1) is 8.27. The normalized spacial score (nSPS) is 10.2. The summed E-state index contributed by atoms with van der Waals surface area (Å²) in [6, 6.07) is 0. The maximum absolute atomic E-state index is 10.8. The van der Waals surface area contributed by atoms with Crippen LogP contribution in [0.25, 0.3) is 0 Å². The molecule has 1 aromatic heterocycles. The first-order chi connectivity index (χ1) is 5.04. The van der Waals surface area contributed by atoms with E-state index in [0.29, 0.717) is 5.69 Å². The van der Waals surface area contributed by atoms with Gasteiger partial charge in [0, 0.05) is 12.6 Å². The number of halogens is 1. The lowest BCUT2D eigenvalue weighted by Crippen LogP contribution is -2.02. The molecule has 0 aliphatic rings. The van der Waals surface area contributed by atoms with E-state index in [0.717, 1.165) is 11.3 Å². The van der Waals surface area contributed by atoms with Gasteiger partial charge in [-0.2, -0.15) is 5.10 Å². The number of aryl methyl sites for hydroxylation is 2. The lowest BCUT2D eigenvalue weighted by molar-refractivity contribution is 0.107. The van der Waals surface area contributed by atoms with Crippen molar-refractivity contribution in [2.75, 3.05) is 0 Å². The molecule has 0 aromatic carbocycles. The van der Waals surface area contributed by atoms with Crippen LogP contribution in [-0.2, 0) is 7.05 Å². The third-order valence-corrected chi connectivity index (χ3v) is 1.89. The van der Waals surface area contributed by atoms with Crippen LogP contribution in [0.3, 0.4) is 0 Å². The Bertz CT molecular complexity index is 304. The first-order valence-electron chi connectivity index (χ1n) is 3.24. The lowest BCUT2D eigenvalue weighted by atomic mass is 10.2. The first-order valence-corrected chi connectivity index (χ1v) is 3.62. The van der Waals surface area contributed by atoms with Gasteiger partial charge in [-0.3, -0.25) is 9.48 Å². The maximum atomic E-state index is 10.8. The van der Waals surface area contributed by atoms with E-state index >= 15 is 0 Å². The van der Waals surface area contributed by atoms with Gasteiger partial charge in [0.15, 0.2) is 0 Å². The Kier molecular flexibility index (Phi) is 2.00. The summed E-state index contributed by atoms with van der Waals surface area (Å²) in [5.74, 6) is 0. The number of aromatic nitrogens is 2. The van der Waals surface area contributed by atoms with Crippen molar-refractivity contribution in [1.82, 2.24) is 9.78 Å². The van der Waals surface area contributed by atoms with Gasteiger partial charge in [-0.15, -0.1) is 0 Å². The van der Waals surface area contributed by atoms with E-state index < -0.39 is 5.24 Å². The Morgan fingerprint density at radius 1 is 1.55 bits per heavy atom. The fourth-order valence-corrected chi connectivity index (χ4v) is 1.30. The second-order valence-corrected chi connectivity index (χ2v) is 2.80. The minimum absolute atomic E-state index is 0.453. The minimum atomic E-state index is -0.453. The van der Waals surface area contributed by atoms with Crippen molar-refractivity contribution in [2.45, 2.75) is 13.8 Å². The Morgan fingerprint density at radius 3 is 2.27 bits per heavy atom. The van der Waals surface area contributed by atoms with Gasteiger partial charge >= 0.3 is 0 Å². The molecule has 3 nitrogen and oxygen atoms in total. The molecule has 1 aromatic rings. The van der Waals surface area contributed by atoms with Crippen LogP contribution in [0.1, 0.15) is 21.7 Å². The summed E-state index contributed by atoms with van der Waals surface area (Å²) in [6.45, 7) is 3.68. The standard InChI is InChI=1S/C7H9ClN2O/c1-4-5(2)9-10(3)6(4)7(8)11/h1-3H3. The Morgan fingerprint density at radius 2 is 2.09 bits per heavy atom. The largest absolute Gasteiger partial charge is 0.274 e. The van der Waals surface area contributed by atoms with Crippen molar-refractivity contribution in [3.63, 3.8) is 0 Å². The maximum Gasteiger partial charge on any atom is 0.270 e. The summed E-state index contributed by atoms with van der Waals surface area (Å²) in [5.41, 5.74) is 2.17. The molecule has 0 unspecified atom stereocenters. The molecule has 0 fully saturated rings. The smallest absolute Gasteiger partial charge is 0.270 e. The molecule has 0 amide bonds. The van der Waals surface area contributed by atoms with Gasteiger partial charge in [0.05, 0.1) is 5.69 Å². The van der Waals surface area contributed by atoms with Crippen molar-refractivity contribution in [2.24, 2.45) is 7.05 Å². The summed E-state index contributed by atoms with van der Waals surface area (Å²) in [7, 11) is 1.70. The highest BCUT2D eigenvalue weighted by atomic mass is 35.5. The van der Waals surface area contributed by atoms with Gasteiger partial charge < -0.3 is 0 Å². The fourth-order valence-electron chi connectivity index (χ4n) is 1.04. The lowest BCUT2D eigenvalue weighted by Gasteiger charge is -1.93. The van der Waals surface area contributed by atoms with Crippen molar-refractivity contribution < 1.29 is 4.79 Å². The highest BCUT2D eigenvalue weighted by molar-refractivity contribution is 6.67. The van der Waals surface area contributed by atoms with Crippen LogP contribution in [-0.4, -0.2) is 15.0 Å². The summed E-state index contributed by atoms with van der Waals surface area (Å²) >= 11 is 5.33. The van der Waals surface area contributed by atoms with E-state index in [2.05, 4.69) is 5.10 Å². The number of carbonyl (C=O) groups excluding carboxylic acids is 1. The molecule has 0 radical (unpaired) electrons. The Hall–Kier alpha value is -0.830. The third kappa shape index (κ3) is 1.28. The molecule has 0 saturated heterocycles. The average Bonchev–Trinajstić information content (AvgIpc) is 2.07. The number of hydrogen-bond donors (Lipinski definition) is 0. The molecule has 1 rings (SSSR count). The summed E-state index contributed by atoms with van der Waals surface area (Å²) in [4.78, 5) is 10.8. The number of carbonyl (C=O) groups is 1. The Balaban J connectivity index is 3.34. The van der Waals surface area contributed by atoms with E-state index in [1.807, 2.05) is 13.8 Å². The fraction of sp³-hybridized carbons (Fsp3) is 0.429. The highest BCUT2D eigenvalue weighted by Crippen LogP contribution is 2.12. The quantitative estimate of drug-likeness (QED) is 0.601. The Labute approximate surface area is 70.0 Å². The second kappa shape index (κ2) is 2.66. The molecule has 60 valence electrons. The SMILES string of the molecule is Cc1nn(C)c(C(=O)Cl)c1C. The molecular formula is C7H9ClN2O. The molecule has 1 heterocycles. The van der Waals surface area contributed by atoms with Crippen molar-refractivity contribution in [1.29, 1.82) is 0 Å². The van der Waals surface area contributed by atoms with Gasteiger partial charge in [-0.1, -0.05) is 0 Å². The molecule has 11 heavy (non-hydrogen) atoms. The zero-order chi connectivity index (χ0) is 8.59. The third-order valence-electron chi connectivity index (χ3n) is 1.71.